The summed E-state index contributed by atoms with van der Waals surface area (Å²) in [6, 6.07) is 14.1. The second-order valence-electron chi connectivity index (χ2n) is 7.59. The number of nitro groups is 1. The van der Waals surface area contributed by atoms with Gasteiger partial charge < -0.3 is 19.2 Å². The number of hydrogen-bond acceptors (Lipinski definition) is 7. The SMILES string of the molecule is COc1ccccc1Oc1cc(NC(=O)c2ccc(Cn3nc(C)c(Br)c3C)o2)cc([N+](=O)[O-])c1. The molecular weight excluding hydrogens is 520 g/mol. The highest BCUT2D eigenvalue weighted by molar-refractivity contribution is 9.10. The largest absolute Gasteiger partial charge is 0.493 e. The van der Waals surface area contributed by atoms with Crippen molar-refractivity contribution >= 4 is 33.2 Å². The van der Waals surface area contributed by atoms with E-state index in [1.165, 1.54) is 31.4 Å². The Morgan fingerprint density at radius 3 is 2.57 bits per heavy atom. The van der Waals surface area contributed by atoms with Crippen LogP contribution in [0.15, 0.2) is 63.5 Å². The summed E-state index contributed by atoms with van der Waals surface area (Å²) in [6.45, 7) is 4.16. The molecule has 2 aromatic carbocycles. The molecule has 1 amide bonds. The van der Waals surface area contributed by atoms with E-state index in [1.54, 1.807) is 35.0 Å². The molecule has 180 valence electrons. The van der Waals surface area contributed by atoms with Gasteiger partial charge in [0.2, 0.25) is 0 Å². The Morgan fingerprint density at radius 2 is 1.91 bits per heavy atom. The number of furan rings is 1. The van der Waals surface area contributed by atoms with Gasteiger partial charge in [-0.15, -0.1) is 0 Å². The van der Waals surface area contributed by atoms with Crippen molar-refractivity contribution in [3.8, 4) is 17.2 Å². The van der Waals surface area contributed by atoms with Crippen LogP contribution in [-0.4, -0.2) is 27.7 Å². The van der Waals surface area contributed by atoms with E-state index < -0.39 is 10.8 Å². The molecule has 2 aromatic heterocycles. The van der Waals surface area contributed by atoms with Crippen LogP contribution in [0.4, 0.5) is 11.4 Å². The molecule has 0 bridgehead atoms. The van der Waals surface area contributed by atoms with Crippen molar-refractivity contribution in [3.63, 3.8) is 0 Å². The van der Waals surface area contributed by atoms with E-state index in [9.17, 15) is 14.9 Å². The summed E-state index contributed by atoms with van der Waals surface area (Å²) < 4.78 is 19.4. The minimum Gasteiger partial charge on any atom is -0.493 e. The lowest BCUT2D eigenvalue weighted by Gasteiger charge is -2.11. The third-order valence-electron chi connectivity index (χ3n) is 5.14. The zero-order valence-corrected chi connectivity index (χ0v) is 20.7. The van der Waals surface area contributed by atoms with Crippen LogP contribution in [0.25, 0.3) is 0 Å². The van der Waals surface area contributed by atoms with Crippen LogP contribution in [0, 0.1) is 24.0 Å². The average molecular weight is 541 g/mol. The zero-order chi connectivity index (χ0) is 25.1. The highest BCUT2D eigenvalue weighted by Gasteiger charge is 2.18. The molecule has 4 aromatic rings. The molecule has 35 heavy (non-hydrogen) atoms. The molecule has 0 atom stereocenters. The number of nitro benzene ring substituents is 1. The predicted octanol–water partition coefficient (Wildman–Crippen LogP) is 5.87. The highest BCUT2D eigenvalue weighted by atomic mass is 79.9. The number of anilines is 1. The van der Waals surface area contributed by atoms with Crippen molar-refractivity contribution in [3.05, 3.63) is 92.1 Å². The first-order valence-electron chi connectivity index (χ1n) is 10.4. The number of para-hydroxylation sites is 2. The third-order valence-corrected chi connectivity index (χ3v) is 6.29. The van der Waals surface area contributed by atoms with Crippen LogP contribution < -0.4 is 14.8 Å². The molecule has 0 saturated carbocycles. The van der Waals surface area contributed by atoms with Crippen molar-refractivity contribution in [1.82, 2.24) is 9.78 Å². The van der Waals surface area contributed by atoms with Crippen molar-refractivity contribution in [1.29, 1.82) is 0 Å². The Kier molecular flexibility index (Phi) is 6.87. The summed E-state index contributed by atoms with van der Waals surface area (Å²) in [5, 5.41) is 18.5. The average Bonchev–Trinajstić information content (AvgIpc) is 3.40. The van der Waals surface area contributed by atoms with Crippen LogP contribution in [0.1, 0.15) is 27.7 Å². The summed E-state index contributed by atoms with van der Waals surface area (Å²) in [7, 11) is 1.49. The molecule has 0 spiro atoms. The second-order valence-corrected chi connectivity index (χ2v) is 8.38. The molecule has 0 radical (unpaired) electrons. The van der Waals surface area contributed by atoms with Gasteiger partial charge in [0, 0.05) is 12.1 Å². The topological polar surface area (TPSA) is 122 Å². The van der Waals surface area contributed by atoms with Gasteiger partial charge in [-0.05, 0) is 54.0 Å². The molecule has 0 unspecified atom stereocenters. The quantitative estimate of drug-likeness (QED) is 0.219. The van der Waals surface area contributed by atoms with Gasteiger partial charge in [0.1, 0.15) is 11.5 Å². The van der Waals surface area contributed by atoms with E-state index in [4.69, 9.17) is 13.9 Å². The molecular formula is C24H21BrN4O6. The van der Waals surface area contributed by atoms with Crippen LogP contribution in [0.3, 0.4) is 0 Å². The number of halogens is 1. The number of aryl methyl sites for hydroxylation is 1. The lowest BCUT2D eigenvalue weighted by Crippen LogP contribution is -2.11. The number of carbonyl (C=O) groups is 1. The summed E-state index contributed by atoms with van der Waals surface area (Å²) in [5.41, 5.74) is 1.71. The number of carbonyl (C=O) groups excluding carboxylic acids is 1. The number of benzene rings is 2. The fourth-order valence-corrected chi connectivity index (χ4v) is 3.69. The number of amides is 1. The van der Waals surface area contributed by atoms with Crippen LogP contribution >= 0.6 is 15.9 Å². The first-order valence-corrected chi connectivity index (χ1v) is 11.2. The molecule has 0 aliphatic heterocycles. The maximum atomic E-state index is 12.8. The third kappa shape index (κ3) is 5.35. The molecule has 0 saturated heterocycles. The Labute approximate surface area is 208 Å². The van der Waals surface area contributed by atoms with Gasteiger partial charge >= 0.3 is 0 Å². The Balaban J connectivity index is 1.54. The number of ether oxygens (including phenoxy) is 2. The Morgan fingerprint density at radius 1 is 1.17 bits per heavy atom. The molecule has 0 aliphatic rings. The van der Waals surface area contributed by atoms with Crippen LogP contribution in [0.2, 0.25) is 0 Å². The van der Waals surface area contributed by atoms with Crippen molar-refractivity contribution in [2.75, 3.05) is 12.4 Å². The summed E-state index contributed by atoms with van der Waals surface area (Å²) in [6.07, 6.45) is 0. The first kappa shape index (κ1) is 24.0. The first-order chi connectivity index (χ1) is 16.7. The van der Waals surface area contributed by atoms with Gasteiger partial charge in [-0.1, -0.05) is 12.1 Å². The van der Waals surface area contributed by atoms with Crippen LogP contribution in [-0.2, 0) is 6.54 Å². The van der Waals surface area contributed by atoms with E-state index >= 15 is 0 Å². The van der Waals surface area contributed by atoms with Gasteiger partial charge in [0.25, 0.3) is 11.6 Å². The maximum absolute atomic E-state index is 12.8. The van der Waals surface area contributed by atoms with Gasteiger partial charge in [-0.3, -0.25) is 19.6 Å². The highest BCUT2D eigenvalue weighted by Crippen LogP contribution is 2.34. The number of aromatic nitrogens is 2. The van der Waals surface area contributed by atoms with Crippen LogP contribution in [0.5, 0.6) is 17.2 Å². The fourth-order valence-electron chi connectivity index (χ4n) is 3.40. The van der Waals surface area contributed by atoms with Gasteiger partial charge in [-0.25, -0.2) is 0 Å². The van der Waals surface area contributed by atoms with Crippen molar-refractivity contribution < 1.29 is 23.6 Å². The Bertz CT molecular complexity index is 1410. The standard InChI is InChI=1S/C24H21BrN4O6/c1-14-23(25)15(2)28(27-14)13-18-8-9-22(34-18)24(30)26-16-10-17(29(31)32)12-19(11-16)35-21-7-5-4-6-20(21)33-3/h4-12H,13H2,1-3H3,(H,26,30). The van der Waals surface area contributed by atoms with E-state index in [-0.39, 0.29) is 22.9 Å². The molecule has 11 heteroatoms. The number of non-ortho nitro benzene ring substituents is 1. The molecule has 0 aliphatic carbocycles. The Hall–Kier alpha value is -4.12. The smallest absolute Gasteiger partial charge is 0.291 e. The van der Waals surface area contributed by atoms with Crippen molar-refractivity contribution in [2.45, 2.75) is 20.4 Å². The minimum atomic E-state index is -0.567. The summed E-state index contributed by atoms with van der Waals surface area (Å²) in [5.74, 6) is 1.03. The van der Waals surface area contributed by atoms with Gasteiger partial charge in [0.05, 0.1) is 46.2 Å². The monoisotopic (exact) mass is 540 g/mol. The number of nitrogens with one attached hydrogen (secondary N) is 1. The molecule has 2 heterocycles. The normalized spacial score (nSPS) is 10.7. The van der Waals surface area contributed by atoms with E-state index in [0.29, 0.717) is 23.8 Å². The number of methoxy groups -OCH3 is 1. The fraction of sp³-hybridized carbons (Fsp3) is 0.167. The van der Waals surface area contributed by atoms with Gasteiger partial charge in [0.15, 0.2) is 17.3 Å². The number of rotatable bonds is 8. The zero-order valence-electron chi connectivity index (χ0n) is 19.1. The molecule has 4 rings (SSSR count). The second kappa shape index (κ2) is 10.0. The number of nitrogens with zero attached hydrogens (tertiary/aromatic N) is 3. The molecule has 1 N–H and O–H groups in total. The summed E-state index contributed by atoms with van der Waals surface area (Å²) >= 11 is 3.49. The number of hydrogen-bond donors (Lipinski definition) is 1. The molecule has 0 fully saturated rings. The van der Waals surface area contributed by atoms with E-state index in [0.717, 1.165) is 15.9 Å². The summed E-state index contributed by atoms with van der Waals surface area (Å²) in [4.78, 5) is 23.7. The lowest BCUT2D eigenvalue weighted by molar-refractivity contribution is -0.384. The molecule has 10 nitrogen and oxygen atoms in total. The lowest BCUT2D eigenvalue weighted by atomic mass is 10.2. The minimum absolute atomic E-state index is 0.0549. The van der Waals surface area contributed by atoms with Gasteiger partial charge in [-0.2, -0.15) is 5.10 Å². The van der Waals surface area contributed by atoms with E-state index in [2.05, 4.69) is 26.3 Å². The van der Waals surface area contributed by atoms with E-state index in [1.807, 2.05) is 13.8 Å². The van der Waals surface area contributed by atoms with Crippen molar-refractivity contribution in [2.24, 2.45) is 0 Å². The predicted molar refractivity (Wildman–Crippen MR) is 131 cm³/mol. The maximum Gasteiger partial charge on any atom is 0.291 e.